The summed E-state index contributed by atoms with van der Waals surface area (Å²) in [5.74, 6) is 0.615. The van der Waals surface area contributed by atoms with Crippen LogP contribution in [-0.2, 0) is 0 Å². The molecule has 0 aliphatic heterocycles. The Labute approximate surface area is 115 Å². The number of nitrogens with zero attached hydrogens (tertiary/aromatic N) is 1. The summed E-state index contributed by atoms with van der Waals surface area (Å²) in [6.07, 6.45) is 4.71. The van der Waals surface area contributed by atoms with Crippen molar-refractivity contribution in [1.29, 1.82) is 0 Å². The average Bonchev–Trinajstić information content (AvgIpc) is 2.61. The second-order valence-corrected chi connectivity index (χ2v) is 13.7. The summed E-state index contributed by atoms with van der Waals surface area (Å²) >= 11 is 0. The summed E-state index contributed by atoms with van der Waals surface area (Å²) in [6, 6.07) is 2.30. The molecule has 2 heteroatoms. The maximum Gasteiger partial charge on any atom is 0.168 e. The highest BCUT2D eigenvalue weighted by molar-refractivity contribution is 6.82. The maximum atomic E-state index is 2.57. The predicted octanol–water partition coefficient (Wildman–Crippen LogP) is 5.64. The SMILES string of the molecule is CC(C)c1ccn([Si](C)(C(C)(C)C)C(C)(C)C)c1. The van der Waals surface area contributed by atoms with E-state index in [2.05, 4.69) is 84.6 Å². The molecule has 0 saturated heterocycles. The fraction of sp³-hybridized carbons (Fsp3) is 0.750. The smallest absolute Gasteiger partial charge is 0.168 e. The third kappa shape index (κ3) is 2.45. The summed E-state index contributed by atoms with van der Waals surface area (Å²) in [7, 11) is -1.64. The zero-order valence-corrected chi connectivity index (χ0v) is 14.8. The molecule has 0 unspecified atom stereocenters. The lowest BCUT2D eigenvalue weighted by atomic mass is 10.1. The van der Waals surface area contributed by atoms with Gasteiger partial charge in [0, 0.05) is 0 Å². The third-order valence-electron chi connectivity index (χ3n) is 4.82. The minimum Gasteiger partial charge on any atom is -0.379 e. The topological polar surface area (TPSA) is 4.93 Å². The van der Waals surface area contributed by atoms with Gasteiger partial charge in [-0.1, -0.05) is 61.9 Å². The van der Waals surface area contributed by atoms with Crippen molar-refractivity contribution in [3.8, 4) is 0 Å². The minimum absolute atomic E-state index is 0.346. The quantitative estimate of drug-likeness (QED) is 0.610. The largest absolute Gasteiger partial charge is 0.379 e. The van der Waals surface area contributed by atoms with Gasteiger partial charge in [-0.2, -0.15) is 0 Å². The van der Waals surface area contributed by atoms with Crippen molar-refractivity contribution in [3.63, 3.8) is 0 Å². The summed E-state index contributed by atoms with van der Waals surface area (Å²) < 4.78 is 2.57. The Morgan fingerprint density at radius 3 is 1.72 bits per heavy atom. The van der Waals surface area contributed by atoms with Gasteiger partial charge in [0.1, 0.15) is 0 Å². The Bertz CT molecular complexity index is 387. The molecule has 0 saturated carbocycles. The van der Waals surface area contributed by atoms with Crippen LogP contribution in [0.15, 0.2) is 18.5 Å². The van der Waals surface area contributed by atoms with Crippen LogP contribution in [0.4, 0.5) is 0 Å². The van der Waals surface area contributed by atoms with Crippen LogP contribution in [0.5, 0.6) is 0 Å². The highest BCUT2D eigenvalue weighted by Gasteiger charge is 2.50. The molecule has 0 spiro atoms. The van der Waals surface area contributed by atoms with E-state index in [0.717, 1.165) is 0 Å². The van der Waals surface area contributed by atoms with E-state index in [1.165, 1.54) is 5.56 Å². The molecule has 0 fully saturated rings. The first-order valence-electron chi connectivity index (χ1n) is 7.09. The molecule has 0 aliphatic carbocycles. The Kier molecular flexibility index (Phi) is 3.93. The van der Waals surface area contributed by atoms with Crippen LogP contribution in [-0.4, -0.2) is 12.5 Å². The van der Waals surface area contributed by atoms with Crippen LogP contribution in [0, 0.1) is 0 Å². The van der Waals surface area contributed by atoms with Crippen molar-refractivity contribution >= 4 is 8.24 Å². The molecule has 0 bridgehead atoms. The summed E-state index contributed by atoms with van der Waals surface area (Å²) in [6.45, 7) is 21.5. The van der Waals surface area contributed by atoms with Crippen LogP contribution < -0.4 is 0 Å². The normalized spacial score (nSPS) is 14.3. The van der Waals surface area contributed by atoms with E-state index in [9.17, 15) is 0 Å². The van der Waals surface area contributed by atoms with Crippen molar-refractivity contribution in [2.24, 2.45) is 0 Å². The lowest BCUT2D eigenvalue weighted by Crippen LogP contribution is -2.55. The number of hydrogen-bond donors (Lipinski definition) is 0. The molecule has 0 aromatic carbocycles. The molecule has 0 atom stereocenters. The predicted molar refractivity (Wildman–Crippen MR) is 85.0 cm³/mol. The molecule has 0 N–H and O–H groups in total. The van der Waals surface area contributed by atoms with Gasteiger partial charge in [0.15, 0.2) is 8.24 Å². The van der Waals surface area contributed by atoms with Crippen molar-refractivity contribution in [2.75, 3.05) is 0 Å². The zero-order valence-electron chi connectivity index (χ0n) is 13.8. The first-order valence-corrected chi connectivity index (χ1v) is 9.54. The van der Waals surface area contributed by atoms with E-state index in [0.29, 0.717) is 16.0 Å². The first-order chi connectivity index (χ1) is 7.91. The molecule has 104 valence electrons. The molecular formula is C16H31NSi. The van der Waals surface area contributed by atoms with Gasteiger partial charge in [-0.3, -0.25) is 0 Å². The number of aromatic nitrogens is 1. The Hall–Kier alpha value is -0.503. The minimum atomic E-state index is -1.64. The van der Waals surface area contributed by atoms with Crippen molar-refractivity contribution in [1.82, 2.24) is 4.23 Å². The van der Waals surface area contributed by atoms with Gasteiger partial charge in [-0.05, 0) is 40.0 Å². The van der Waals surface area contributed by atoms with Crippen molar-refractivity contribution < 1.29 is 0 Å². The molecular weight excluding hydrogens is 234 g/mol. The van der Waals surface area contributed by atoms with E-state index in [-0.39, 0.29) is 0 Å². The fourth-order valence-corrected chi connectivity index (χ4v) is 7.51. The van der Waals surface area contributed by atoms with Gasteiger partial charge in [-0.25, -0.2) is 0 Å². The van der Waals surface area contributed by atoms with E-state index in [1.54, 1.807) is 0 Å². The van der Waals surface area contributed by atoms with Crippen LogP contribution >= 0.6 is 0 Å². The molecule has 18 heavy (non-hydrogen) atoms. The molecule has 1 aromatic rings. The lowest BCUT2D eigenvalue weighted by Gasteiger charge is -2.50. The Morgan fingerprint density at radius 1 is 1.00 bits per heavy atom. The first kappa shape index (κ1) is 15.6. The van der Waals surface area contributed by atoms with Gasteiger partial charge in [0.25, 0.3) is 0 Å². The molecule has 0 amide bonds. The molecule has 0 aliphatic rings. The Morgan fingerprint density at radius 2 is 1.44 bits per heavy atom. The number of rotatable bonds is 2. The second-order valence-electron chi connectivity index (χ2n) is 8.08. The van der Waals surface area contributed by atoms with E-state index in [1.807, 2.05) is 0 Å². The van der Waals surface area contributed by atoms with Gasteiger partial charge < -0.3 is 4.23 Å². The fourth-order valence-electron chi connectivity index (χ4n) is 2.93. The Balaban J connectivity index is 3.36. The van der Waals surface area contributed by atoms with Crippen molar-refractivity contribution in [2.45, 2.75) is 77.9 Å². The maximum absolute atomic E-state index is 2.57. The van der Waals surface area contributed by atoms with Gasteiger partial charge in [0.2, 0.25) is 0 Å². The number of hydrogen-bond acceptors (Lipinski definition) is 0. The van der Waals surface area contributed by atoms with Crippen LogP contribution in [0.2, 0.25) is 16.6 Å². The molecule has 0 radical (unpaired) electrons. The molecule has 1 nitrogen and oxygen atoms in total. The zero-order chi connectivity index (χ0) is 14.4. The summed E-state index contributed by atoms with van der Waals surface area (Å²) in [5, 5.41) is 0.692. The summed E-state index contributed by atoms with van der Waals surface area (Å²) in [5.41, 5.74) is 1.46. The molecule has 1 rings (SSSR count). The van der Waals surface area contributed by atoms with Crippen LogP contribution in [0.3, 0.4) is 0 Å². The third-order valence-corrected chi connectivity index (χ3v) is 12.0. The van der Waals surface area contributed by atoms with Crippen LogP contribution in [0.1, 0.15) is 66.9 Å². The second kappa shape index (κ2) is 4.55. The monoisotopic (exact) mass is 265 g/mol. The molecule has 1 aromatic heterocycles. The highest BCUT2D eigenvalue weighted by atomic mass is 28.3. The summed E-state index contributed by atoms with van der Waals surface area (Å²) in [4.78, 5) is 0. The van der Waals surface area contributed by atoms with Gasteiger partial charge >= 0.3 is 0 Å². The van der Waals surface area contributed by atoms with E-state index >= 15 is 0 Å². The van der Waals surface area contributed by atoms with Gasteiger partial charge in [0.05, 0.1) is 0 Å². The van der Waals surface area contributed by atoms with E-state index in [4.69, 9.17) is 0 Å². The highest BCUT2D eigenvalue weighted by Crippen LogP contribution is 2.51. The van der Waals surface area contributed by atoms with Crippen molar-refractivity contribution in [3.05, 3.63) is 24.0 Å². The molecule has 1 heterocycles. The average molecular weight is 266 g/mol. The van der Waals surface area contributed by atoms with Crippen LogP contribution in [0.25, 0.3) is 0 Å². The lowest BCUT2D eigenvalue weighted by molar-refractivity contribution is 0.593. The standard InChI is InChI=1S/C16H31NSi/c1-13(2)14-10-11-17(12-14)18(9,15(3,4)5)16(6,7)8/h10-13H,1-9H3. The van der Waals surface area contributed by atoms with E-state index < -0.39 is 8.24 Å². The van der Waals surface area contributed by atoms with Gasteiger partial charge in [-0.15, -0.1) is 0 Å².